The highest BCUT2D eigenvalue weighted by Crippen LogP contribution is 2.18. The van der Waals surface area contributed by atoms with Gasteiger partial charge in [0.25, 0.3) is 0 Å². The van der Waals surface area contributed by atoms with E-state index >= 15 is 0 Å². The molecule has 0 unspecified atom stereocenters. The van der Waals surface area contributed by atoms with Gasteiger partial charge in [0.15, 0.2) is 0 Å². The fraction of sp³-hybridized carbons (Fsp3) is 0.0909. The van der Waals surface area contributed by atoms with E-state index in [1.807, 2.05) is 0 Å². The molecule has 0 aliphatic carbocycles. The molecule has 1 N–H and O–H groups in total. The van der Waals surface area contributed by atoms with Crippen LogP contribution in [0, 0.1) is 5.82 Å². The smallest absolute Gasteiger partial charge is 0.148 e. The number of nitrogens with zero attached hydrogens (tertiary/aromatic N) is 2. The molecule has 0 saturated carbocycles. The minimum atomic E-state index is -0.251. The van der Waals surface area contributed by atoms with Gasteiger partial charge in [-0.2, -0.15) is 5.10 Å². The van der Waals surface area contributed by atoms with Gasteiger partial charge in [-0.3, -0.25) is 0 Å². The minimum absolute atomic E-state index is 0.251. The highest BCUT2D eigenvalue weighted by Gasteiger charge is 2.02. The standard InChI is InChI=1S/C11H9BrFN3/c12-10-4-3-9(13)6-8(10)7-14-11-2-1-5-15-16-11/h1-6H,7H2,(H,14,16). The second-order valence-corrected chi connectivity index (χ2v) is 4.05. The van der Waals surface area contributed by atoms with Crippen molar-refractivity contribution in [2.24, 2.45) is 0 Å². The Balaban J connectivity index is 2.08. The molecule has 0 atom stereocenters. The zero-order chi connectivity index (χ0) is 11.4. The van der Waals surface area contributed by atoms with Crippen LogP contribution in [0.3, 0.4) is 0 Å². The van der Waals surface area contributed by atoms with E-state index in [9.17, 15) is 4.39 Å². The quantitative estimate of drug-likeness (QED) is 0.940. The van der Waals surface area contributed by atoms with Gasteiger partial charge in [-0.1, -0.05) is 15.9 Å². The van der Waals surface area contributed by atoms with Crippen LogP contribution in [0.5, 0.6) is 0 Å². The first-order valence-electron chi connectivity index (χ1n) is 4.71. The Morgan fingerprint density at radius 1 is 1.31 bits per heavy atom. The van der Waals surface area contributed by atoms with Crippen molar-refractivity contribution >= 4 is 21.7 Å². The van der Waals surface area contributed by atoms with Crippen LogP contribution >= 0.6 is 15.9 Å². The summed E-state index contributed by atoms with van der Waals surface area (Å²) in [6.07, 6.45) is 1.60. The zero-order valence-electron chi connectivity index (χ0n) is 8.32. The van der Waals surface area contributed by atoms with E-state index in [-0.39, 0.29) is 5.82 Å². The maximum absolute atomic E-state index is 13.0. The van der Waals surface area contributed by atoms with Crippen LogP contribution in [0.4, 0.5) is 10.2 Å². The molecule has 1 aromatic heterocycles. The van der Waals surface area contributed by atoms with Crippen molar-refractivity contribution in [2.45, 2.75) is 6.54 Å². The van der Waals surface area contributed by atoms with Crippen LogP contribution in [0.25, 0.3) is 0 Å². The number of halogens is 2. The van der Waals surface area contributed by atoms with Crippen molar-refractivity contribution in [3.05, 3.63) is 52.4 Å². The molecule has 82 valence electrons. The molecule has 1 aromatic carbocycles. The lowest BCUT2D eigenvalue weighted by Crippen LogP contribution is -2.02. The first-order valence-corrected chi connectivity index (χ1v) is 5.50. The maximum Gasteiger partial charge on any atom is 0.148 e. The van der Waals surface area contributed by atoms with Crippen LogP contribution in [0.2, 0.25) is 0 Å². The summed E-state index contributed by atoms with van der Waals surface area (Å²) in [5, 5.41) is 10.7. The molecule has 0 saturated heterocycles. The van der Waals surface area contributed by atoms with E-state index in [0.717, 1.165) is 10.0 Å². The van der Waals surface area contributed by atoms with Crippen LogP contribution in [0.15, 0.2) is 41.0 Å². The van der Waals surface area contributed by atoms with Crippen LogP contribution in [-0.2, 0) is 6.54 Å². The Bertz CT molecular complexity index is 476. The number of nitrogens with one attached hydrogen (secondary N) is 1. The number of anilines is 1. The highest BCUT2D eigenvalue weighted by atomic mass is 79.9. The summed E-state index contributed by atoms with van der Waals surface area (Å²) in [7, 11) is 0. The summed E-state index contributed by atoms with van der Waals surface area (Å²) in [5.74, 6) is 0.415. The van der Waals surface area contributed by atoms with E-state index in [2.05, 4.69) is 31.4 Å². The molecular formula is C11H9BrFN3. The predicted octanol–water partition coefficient (Wildman–Crippen LogP) is 2.99. The second-order valence-electron chi connectivity index (χ2n) is 3.20. The summed E-state index contributed by atoms with van der Waals surface area (Å²) >= 11 is 3.36. The lowest BCUT2D eigenvalue weighted by molar-refractivity contribution is 0.625. The van der Waals surface area contributed by atoms with Crippen molar-refractivity contribution in [2.75, 3.05) is 5.32 Å². The third-order valence-corrected chi connectivity index (χ3v) is 2.81. The topological polar surface area (TPSA) is 37.8 Å². The maximum atomic E-state index is 13.0. The molecule has 0 aliphatic rings. The van der Waals surface area contributed by atoms with Gasteiger partial charge < -0.3 is 5.32 Å². The molecule has 0 bridgehead atoms. The van der Waals surface area contributed by atoms with Crippen LogP contribution in [0.1, 0.15) is 5.56 Å². The highest BCUT2D eigenvalue weighted by molar-refractivity contribution is 9.10. The molecule has 0 fully saturated rings. The fourth-order valence-electron chi connectivity index (χ4n) is 1.26. The van der Waals surface area contributed by atoms with E-state index in [4.69, 9.17) is 0 Å². The molecule has 0 spiro atoms. The summed E-state index contributed by atoms with van der Waals surface area (Å²) < 4.78 is 13.9. The number of aromatic nitrogens is 2. The largest absolute Gasteiger partial charge is 0.364 e. The number of hydrogen-bond acceptors (Lipinski definition) is 3. The molecule has 5 heteroatoms. The molecule has 0 aliphatic heterocycles. The third kappa shape index (κ3) is 2.76. The van der Waals surface area contributed by atoms with Gasteiger partial charge in [0.2, 0.25) is 0 Å². The van der Waals surface area contributed by atoms with Crippen LogP contribution in [-0.4, -0.2) is 10.2 Å². The van der Waals surface area contributed by atoms with Crippen molar-refractivity contribution in [3.8, 4) is 0 Å². The van der Waals surface area contributed by atoms with Gasteiger partial charge in [0.05, 0.1) is 0 Å². The number of rotatable bonds is 3. The Kier molecular flexibility index (Phi) is 3.46. The first kappa shape index (κ1) is 11.0. The molecule has 0 radical (unpaired) electrons. The normalized spacial score (nSPS) is 10.1. The average Bonchev–Trinajstić information content (AvgIpc) is 2.32. The molecular weight excluding hydrogens is 273 g/mol. The second kappa shape index (κ2) is 5.03. The Hall–Kier alpha value is -1.49. The predicted molar refractivity (Wildman–Crippen MR) is 63.5 cm³/mol. The van der Waals surface area contributed by atoms with Gasteiger partial charge in [-0.15, -0.1) is 5.10 Å². The molecule has 2 aromatic rings. The molecule has 0 amide bonds. The number of benzene rings is 1. The van der Waals surface area contributed by atoms with E-state index in [1.165, 1.54) is 12.1 Å². The van der Waals surface area contributed by atoms with E-state index in [1.54, 1.807) is 24.4 Å². The first-order chi connectivity index (χ1) is 7.75. The average molecular weight is 282 g/mol. The minimum Gasteiger partial charge on any atom is -0.364 e. The molecule has 1 heterocycles. The summed E-state index contributed by atoms with van der Waals surface area (Å²) in [6.45, 7) is 0.497. The Morgan fingerprint density at radius 3 is 2.94 bits per heavy atom. The van der Waals surface area contributed by atoms with Crippen molar-refractivity contribution in [1.29, 1.82) is 0 Å². The number of hydrogen-bond donors (Lipinski definition) is 1. The summed E-state index contributed by atoms with van der Waals surface area (Å²) in [5.41, 5.74) is 0.839. The monoisotopic (exact) mass is 281 g/mol. The van der Waals surface area contributed by atoms with Crippen LogP contribution < -0.4 is 5.32 Å². The van der Waals surface area contributed by atoms with Gasteiger partial charge in [-0.05, 0) is 35.9 Å². The van der Waals surface area contributed by atoms with Crippen molar-refractivity contribution in [1.82, 2.24) is 10.2 Å². The summed E-state index contributed by atoms with van der Waals surface area (Å²) in [6, 6.07) is 8.17. The van der Waals surface area contributed by atoms with Crippen molar-refractivity contribution < 1.29 is 4.39 Å². The van der Waals surface area contributed by atoms with E-state index in [0.29, 0.717) is 12.4 Å². The molecule has 3 nitrogen and oxygen atoms in total. The molecule has 2 rings (SSSR count). The van der Waals surface area contributed by atoms with Gasteiger partial charge in [-0.25, -0.2) is 4.39 Å². The fourth-order valence-corrected chi connectivity index (χ4v) is 1.65. The van der Waals surface area contributed by atoms with Crippen molar-refractivity contribution in [3.63, 3.8) is 0 Å². The Morgan fingerprint density at radius 2 is 2.19 bits per heavy atom. The van der Waals surface area contributed by atoms with Gasteiger partial charge in [0, 0.05) is 17.2 Å². The third-order valence-electron chi connectivity index (χ3n) is 2.04. The summed E-state index contributed by atoms with van der Waals surface area (Å²) in [4.78, 5) is 0. The zero-order valence-corrected chi connectivity index (χ0v) is 9.91. The lowest BCUT2D eigenvalue weighted by Gasteiger charge is -2.06. The molecule has 16 heavy (non-hydrogen) atoms. The van der Waals surface area contributed by atoms with E-state index < -0.39 is 0 Å². The lowest BCUT2D eigenvalue weighted by atomic mass is 10.2. The Labute approximate surface area is 101 Å². The van der Waals surface area contributed by atoms with Gasteiger partial charge in [0.1, 0.15) is 11.6 Å². The van der Waals surface area contributed by atoms with Gasteiger partial charge >= 0.3 is 0 Å². The SMILES string of the molecule is Fc1ccc(Br)c(CNc2cccnn2)c1.